The van der Waals surface area contributed by atoms with Gasteiger partial charge in [-0.15, -0.1) is 0 Å². The molecule has 0 aliphatic carbocycles. The molecule has 11 heavy (non-hydrogen) atoms. The fraction of sp³-hybridized carbons (Fsp3) is 0.889. The van der Waals surface area contributed by atoms with Crippen molar-refractivity contribution in [3.8, 4) is 0 Å². The fourth-order valence-corrected chi connectivity index (χ4v) is 1.38. The smallest absolute Gasteiger partial charge is 0.194 e. The highest BCUT2D eigenvalue weighted by atomic mass is 32.2. The average Bonchev–Trinajstić information content (AvgIpc) is 1.80. The first-order valence-electron chi connectivity index (χ1n) is 4.01. The van der Waals surface area contributed by atoms with E-state index in [4.69, 9.17) is 0 Å². The lowest BCUT2D eigenvalue weighted by atomic mass is 10.00. The summed E-state index contributed by atoms with van der Waals surface area (Å²) < 4.78 is 0. The fourth-order valence-electron chi connectivity index (χ4n) is 0.459. The third kappa shape index (κ3) is 5.31. The zero-order valence-electron chi connectivity index (χ0n) is 8.10. The third-order valence-corrected chi connectivity index (χ3v) is 2.87. The van der Waals surface area contributed by atoms with Gasteiger partial charge in [0.2, 0.25) is 0 Å². The van der Waals surface area contributed by atoms with E-state index in [1.165, 1.54) is 11.8 Å². The molecule has 0 unspecified atom stereocenters. The van der Waals surface area contributed by atoms with Crippen LogP contribution in [0.4, 0.5) is 0 Å². The van der Waals surface area contributed by atoms with E-state index in [0.717, 1.165) is 5.75 Å². The lowest BCUT2D eigenvalue weighted by Crippen LogP contribution is -2.17. The molecule has 0 aromatic carbocycles. The molecule has 0 aliphatic heterocycles. The Morgan fingerprint density at radius 1 is 1.36 bits per heavy atom. The Labute approximate surface area is 73.9 Å². The van der Waals surface area contributed by atoms with Crippen molar-refractivity contribution in [1.82, 2.24) is 0 Å². The Balaban J connectivity index is 3.71. The Bertz CT molecular complexity index is 133. The van der Waals surface area contributed by atoms with Crippen molar-refractivity contribution >= 4 is 16.9 Å². The van der Waals surface area contributed by atoms with E-state index in [-0.39, 0.29) is 5.41 Å². The molecule has 0 saturated carbocycles. The van der Waals surface area contributed by atoms with E-state index >= 15 is 0 Å². The van der Waals surface area contributed by atoms with Crippen molar-refractivity contribution in [3.63, 3.8) is 0 Å². The first-order chi connectivity index (χ1) is 4.84. The highest BCUT2D eigenvalue weighted by Gasteiger charge is 2.21. The predicted molar refractivity (Wildman–Crippen MR) is 51.8 cm³/mol. The number of hydrogen-bond donors (Lipinski definition) is 0. The first-order valence-corrected chi connectivity index (χ1v) is 5.00. The molecule has 0 amide bonds. The number of rotatable bonds is 2. The minimum atomic E-state index is -0.181. The van der Waals surface area contributed by atoms with Crippen LogP contribution in [0.2, 0.25) is 0 Å². The maximum absolute atomic E-state index is 11.3. The molecule has 0 aliphatic rings. The van der Waals surface area contributed by atoms with Crippen molar-refractivity contribution in [2.45, 2.75) is 34.6 Å². The molecule has 1 nitrogen and oxygen atoms in total. The number of thioether (sulfide) groups is 1. The third-order valence-electron chi connectivity index (χ3n) is 1.16. The lowest BCUT2D eigenvalue weighted by molar-refractivity contribution is -0.117. The second-order valence-corrected chi connectivity index (χ2v) is 5.24. The molecular formula is C9H18OS. The molecule has 0 saturated heterocycles. The normalized spacial score (nSPS) is 12.2. The Morgan fingerprint density at radius 3 is 2.09 bits per heavy atom. The van der Waals surface area contributed by atoms with Crippen LogP contribution in [0.3, 0.4) is 0 Å². The summed E-state index contributed by atoms with van der Waals surface area (Å²) in [4.78, 5) is 11.3. The van der Waals surface area contributed by atoms with Gasteiger partial charge < -0.3 is 0 Å². The van der Waals surface area contributed by atoms with Crippen molar-refractivity contribution in [2.24, 2.45) is 11.3 Å². The van der Waals surface area contributed by atoms with Crippen molar-refractivity contribution in [1.29, 1.82) is 0 Å². The van der Waals surface area contributed by atoms with E-state index in [9.17, 15) is 4.79 Å². The summed E-state index contributed by atoms with van der Waals surface area (Å²) in [5.41, 5.74) is -0.181. The van der Waals surface area contributed by atoms with Crippen LogP contribution in [0.5, 0.6) is 0 Å². The maximum atomic E-state index is 11.3. The van der Waals surface area contributed by atoms with Gasteiger partial charge in [-0.3, -0.25) is 4.79 Å². The van der Waals surface area contributed by atoms with Crippen LogP contribution in [-0.4, -0.2) is 10.9 Å². The minimum absolute atomic E-state index is 0.181. The van der Waals surface area contributed by atoms with Gasteiger partial charge in [0, 0.05) is 11.2 Å². The van der Waals surface area contributed by atoms with E-state index in [1.807, 2.05) is 20.8 Å². The van der Waals surface area contributed by atoms with Gasteiger partial charge >= 0.3 is 0 Å². The molecule has 0 rings (SSSR count). The maximum Gasteiger partial charge on any atom is 0.194 e. The first kappa shape index (κ1) is 11.0. The van der Waals surface area contributed by atoms with Gasteiger partial charge in [0.25, 0.3) is 0 Å². The molecule has 66 valence electrons. The molecule has 0 spiro atoms. The SMILES string of the molecule is CC(C)CSC(=O)C(C)(C)C. The molecular weight excluding hydrogens is 156 g/mol. The summed E-state index contributed by atoms with van der Waals surface area (Å²) >= 11 is 1.45. The van der Waals surface area contributed by atoms with E-state index in [0.29, 0.717) is 11.0 Å². The molecule has 0 heterocycles. The number of carbonyl (C=O) groups is 1. The molecule has 2 heteroatoms. The quantitative estimate of drug-likeness (QED) is 0.640. The van der Waals surface area contributed by atoms with Gasteiger partial charge in [0.05, 0.1) is 0 Å². The Morgan fingerprint density at radius 2 is 1.82 bits per heavy atom. The molecule has 0 aromatic heterocycles. The molecule has 0 fully saturated rings. The highest BCUT2D eigenvalue weighted by Crippen LogP contribution is 2.23. The summed E-state index contributed by atoms with van der Waals surface area (Å²) in [6, 6.07) is 0. The standard InChI is InChI=1S/C9H18OS/c1-7(2)6-11-8(10)9(3,4)5/h7H,6H2,1-5H3. The van der Waals surface area contributed by atoms with Gasteiger partial charge in [0.15, 0.2) is 5.12 Å². The molecule has 0 aromatic rings. The Kier molecular flexibility index (Phi) is 4.16. The van der Waals surface area contributed by atoms with Crippen LogP contribution >= 0.6 is 11.8 Å². The number of hydrogen-bond acceptors (Lipinski definition) is 2. The Hall–Kier alpha value is 0.0200. The second-order valence-electron chi connectivity index (χ2n) is 4.24. The van der Waals surface area contributed by atoms with Gasteiger partial charge in [-0.05, 0) is 5.92 Å². The summed E-state index contributed by atoms with van der Waals surface area (Å²) in [6.07, 6.45) is 0. The predicted octanol–water partition coefficient (Wildman–Crippen LogP) is 2.95. The van der Waals surface area contributed by atoms with E-state index in [1.54, 1.807) is 0 Å². The van der Waals surface area contributed by atoms with E-state index in [2.05, 4.69) is 13.8 Å². The molecule has 0 N–H and O–H groups in total. The summed E-state index contributed by atoms with van der Waals surface area (Å²) in [7, 11) is 0. The minimum Gasteiger partial charge on any atom is -0.287 e. The summed E-state index contributed by atoms with van der Waals surface area (Å²) in [5, 5.41) is 0.297. The van der Waals surface area contributed by atoms with Crippen LogP contribution in [0, 0.1) is 11.3 Å². The largest absolute Gasteiger partial charge is 0.287 e. The summed E-state index contributed by atoms with van der Waals surface area (Å²) in [6.45, 7) is 10.1. The van der Waals surface area contributed by atoms with Crippen LogP contribution in [-0.2, 0) is 4.79 Å². The zero-order chi connectivity index (χ0) is 9.07. The number of carbonyl (C=O) groups excluding carboxylic acids is 1. The monoisotopic (exact) mass is 174 g/mol. The highest BCUT2D eigenvalue weighted by molar-refractivity contribution is 8.13. The molecule has 0 bridgehead atoms. The van der Waals surface area contributed by atoms with Gasteiger partial charge in [-0.2, -0.15) is 0 Å². The zero-order valence-corrected chi connectivity index (χ0v) is 8.92. The molecule has 0 atom stereocenters. The van der Waals surface area contributed by atoms with Crippen LogP contribution in [0.1, 0.15) is 34.6 Å². The van der Waals surface area contributed by atoms with Gasteiger partial charge in [-0.25, -0.2) is 0 Å². The molecule has 0 radical (unpaired) electrons. The van der Waals surface area contributed by atoms with Crippen LogP contribution in [0.15, 0.2) is 0 Å². The van der Waals surface area contributed by atoms with Gasteiger partial charge in [-0.1, -0.05) is 46.4 Å². The van der Waals surface area contributed by atoms with Crippen molar-refractivity contribution in [2.75, 3.05) is 5.75 Å². The van der Waals surface area contributed by atoms with Crippen molar-refractivity contribution in [3.05, 3.63) is 0 Å². The van der Waals surface area contributed by atoms with Gasteiger partial charge in [0.1, 0.15) is 0 Å². The topological polar surface area (TPSA) is 17.1 Å². The summed E-state index contributed by atoms with van der Waals surface area (Å²) in [5.74, 6) is 1.54. The lowest BCUT2D eigenvalue weighted by Gasteiger charge is -2.15. The van der Waals surface area contributed by atoms with E-state index < -0.39 is 0 Å². The average molecular weight is 174 g/mol. The van der Waals surface area contributed by atoms with Crippen molar-refractivity contribution < 1.29 is 4.79 Å². The second kappa shape index (κ2) is 4.15. The van der Waals surface area contributed by atoms with Crippen LogP contribution in [0.25, 0.3) is 0 Å². The van der Waals surface area contributed by atoms with Crippen LogP contribution < -0.4 is 0 Å².